The average molecular weight is 296 g/mol. The van der Waals surface area contributed by atoms with Gasteiger partial charge in [-0.1, -0.05) is 17.7 Å². The van der Waals surface area contributed by atoms with E-state index in [4.69, 9.17) is 21.6 Å². The van der Waals surface area contributed by atoms with Gasteiger partial charge in [-0.3, -0.25) is 0 Å². The van der Waals surface area contributed by atoms with Gasteiger partial charge >= 0.3 is 0 Å². The van der Waals surface area contributed by atoms with Crippen LogP contribution >= 0.6 is 11.6 Å². The number of halogens is 3. The zero-order valence-electron chi connectivity index (χ0n) is 10.3. The molecule has 102 valence electrons. The molecular weight excluding hydrogens is 288 g/mol. The van der Waals surface area contributed by atoms with E-state index < -0.39 is 12.1 Å². The number of benzene rings is 1. The summed E-state index contributed by atoms with van der Waals surface area (Å²) in [5.41, 5.74) is 0.436. The van der Waals surface area contributed by atoms with E-state index in [1.807, 2.05) is 6.07 Å². The first kappa shape index (κ1) is 14.2. The Kier molecular flexibility index (Phi) is 4.11. The van der Waals surface area contributed by atoms with Gasteiger partial charge in [-0.25, -0.2) is 18.7 Å². The number of ether oxygens (including phenoxy) is 1. The van der Waals surface area contributed by atoms with Crippen molar-refractivity contribution in [3.63, 3.8) is 0 Å². The third kappa shape index (κ3) is 2.53. The standard InChI is InChI=1S/C13H8ClF2N3O/c1-20-9-4-7(2-3-8(9)5-17)11-10(14)12(13(15)16)19-6-18-11/h2-4,6,13H,1H3. The number of hydrogen-bond donors (Lipinski definition) is 0. The zero-order chi connectivity index (χ0) is 14.7. The zero-order valence-corrected chi connectivity index (χ0v) is 11.0. The monoisotopic (exact) mass is 295 g/mol. The summed E-state index contributed by atoms with van der Waals surface area (Å²) in [6, 6.07) is 6.54. The lowest BCUT2D eigenvalue weighted by molar-refractivity contribution is 0.146. The molecule has 0 saturated heterocycles. The smallest absolute Gasteiger partial charge is 0.281 e. The van der Waals surface area contributed by atoms with Crippen molar-refractivity contribution in [1.29, 1.82) is 5.26 Å². The van der Waals surface area contributed by atoms with Gasteiger partial charge in [-0.15, -0.1) is 0 Å². The number of rotatable bonds is 3. The molecule has 0 aliphatic carbocycles. The van der Waals surface area contributed by atoms with Gasteiger partial charge in [-0.2, -0.15) is 5.26 Å². The first-order valence-corrected chi connectivity index (χ1v) is 5.83. The lowest BCUT2D eigenvalue weighted by Gasteiger charge is -2.09. The largest absolute Gasteiger partial charge is 0.495 e. The summed E-state index contributed by atoms with van der Waals surface area (Å²) in [6.45, 7) is 0. The lowest BCUT2D eigenvalue weighted by atomic mass is 10.1. The Morgan fingerprint density at radius 2 is 2.10 bits per heavy atom. The molecule has 0 aliphatic rings. The minimum atomic E-state index is -2.79. The van der Waals surface area contributed by atoms with Crippen molar-refractivity contribution in [2.24, 2.45) is 0 Å². The fraction of sp³-hybridized carbons (Fsp3) is 0.154. The second kappa shape index (κ2) is 5.80. The predicted molar refractivity (Wildman–Crippen MR) is 68.7 cm³/mol. The van der Waals surface area contributed by atoms with E-state index in [0.29, 0.717) is 16.9 Å². The Morgan fingerprint density at radius 1 is 1.35 bits per heavy atom. The molecule has 0 unspecified atom stereocenters. The van der Waals surface area contributed by atoms with Gasteiger partial charge in [0.15, 0.2) is 0 Å². The minimum Gasteiger partial charge on any atom is -0.495 e. The summed E-state index contributed by atoms with van der Waals surface area (Å²) in [5, 5.41) is 8.69. The van der Waals surface area contributed by atoms with E-state index in [0.717, 1.165) is 6.33 Å². The van der Waals surface area contributed by atoms with Gasteiger partial charge in [0.05, 0.1) is 23.4 Å². The van der Waals surface area contributed by atoms with Crippen LogP contribution in [0.5, 0.6) is 5.75 Å². The number of nitriles is 1. The van der Waals surface area contributed by atoms with Crippen molar-refractivity contribution in [2.45, 2.75) is 6.43 Å². The van der Waals surface area contributed by atoms with Crippen LogP contribution in [0.2, 0.25) is 5.02 Å². The maximum Gasteiger partial charge on any atom is 0.281 e. The lowest BCUT2D eigenvalue weighted by Crippen LogP contribution is -1.97. The number of aromatic nitrogens is 2. The number of methoxy groups -OCH3 is 1. The number of nitrogens with zero attached hydrogens (tertiary/aromatic N) is 3. The summed E-state index contributed by atoms with van der Waals surface area (Å²) < 4.78 is 30.5. The molecule has 0 amide bonds. The van der Waals surface area contributed by atoms with Crippen LogP contribution in [-0.2, 0) is 0 Å². The second-order valence-corrected chi connectivity index (χ2v) is 4.13. The van der Waals surface area contributed by atoms with Gasteiger partial charge in [0.2, 0.25) is 0 Å². The van der Waals surface area contributed by atoms with E-state index in [2.05, 4.69) is 9.97 Å². The Labute approximate surface area is 118 Å². The molecule has 0 aliphatic heterocycles. The molecule has 2 aromatic rings. The van der Waals surface area contributed by atoms with Gasteiger partial charge in [0.1, 0.15) is 23.8 Å². The summed E-state index contributed by atoms with van der Waals surface area (Å²) in [4.78, 5) is 7.37. The van der Waals surface area contributed by atoms with Crippen LogP contribution in [0.15, 0.2) is 24.5 Å². The van der Waals surface area contributed by atoms with Crippen LogP contribution in [-0.4, -0.2) is 17.1 Å². The van der Waals surface area contributed by atoms with Crippen LogP contribution in [0.4, 0.5) is 8.78 Å². The Balaban J connectivity index is 2.58. The van der Waals surface area contributed by atoms with Crippen molar-refractivity contribution in [3.8, 4) is 23.1 Å². The van der Waals surface area contributed by atoms with Gasteiger partial charge < -0.3 is 4.74 Å². The highest BCUT2D eigenvalue weighted by atomic mass is 35.5. The van der Waals surface area contributed by atoms with E-state index in [-0.39, 0.29) is 10.7 Å². The summed E-state index contributed by atoms with van der Waals surface area (Å²) >= 11 is 5.90. The molecule has 0 N–H and O–H groups in total. The number of alkyl halides is 2. The highest BCUT2D eigenvalue weighted by molar-refractivity contribution is 6.33. The van der Waals surface area contributed by atoms with E-state index in [9.17, 15) is 8.78 Å². The van der Waals surface area contributed by atoms with Crippen molar-refractivity contribution < 1.29 is 13.5 Å². The first-order chi connectivity index (χ1) is 9.58. The molecule has 1 aromatic carbocycles. The quantitative estimate of drug-likeness (QED) is 0.868. The number of hydrogen-bond acceptors (Lipinski definition) is 4. The van der Waals surface area contributed by atoms with Crippen molar-refractivity contribution in [2.75, 3.05) is 7.11 Å². The van der Waals surface area contributed by atoms with Crippen molar-refractivity contribution in [3.05, 3.63) is 40.8 Å². The Morgan fingerprint density at radius 3 is 2.70 bits per heavy atom. The third-order valence-corrected chi connectivity index (χ3v) is 2.99. The molecule has 7 heteroatoms. The minimum absolute atomic E-state index is 0.166. The van der Waals surface area contributed by atoms with Crippen LogP contribution < -0.4 is 4.74 Å². The molecule has 0 bridgehead atoms. The van der Waals surface area contributed by atoms with E-state index in [1.54, 1.807) is 6.07 Å². The normalized spacial score (nSPS) is 10.4. The molecule has 0 fully saturated rings. The highest BCUT2D eigenvalue weighted by Crippen LogP contribution is 2.34. The van der Waals surface area contributed by atoms with Crippen LogP contribution in [0.3, 0.4) is 0 Å². The third-order valence-electron chi connectivity index (χ3n) is 2.62. The maximum absolute atomic E-state index is 12.7. The van der Waals surface area contributed by atoms with Gasteiger partial charge in [0.25, 0.3) is 6.43 Å². The molecule has 4 nitrogen and oxygen atoms in total. The van der Waals surface area contributed by atoms with Crippen LogP contribution in [0, 0.1) is 11.3 Å². The fourth-order valence-corrected chi connectivity index (χ4v) is 1.96. The highest BCUT2D eigenvalue weighted by Gasteiger charge is 2.19. The van der Waals surface area contributed by atoms with Crippen LogP contribution in [0.25, 0.3) is 11.3 Å². The molecule has 1 heterocycles. The maximum atomic E-state index is 12.7. The molecule has 20 heavy (non-hydrogen) atoms. The molecule has 0 radical (unpaired) electrons. The molecular formula is C13H8ClF2N3O. The summed E-state index contributed by atoms with van der Waals surface area (Å²) in [6.07, 6.45) is -1.77. The van der Waals surface area contributed by atoms with Crippen LogP contribution in [0.1, 0.15) is 17.7 Å². The fourth-order valence-electron chi connectivity index (χ4n) is 1.67. The molecule has 1 aromatic heterocycles. The SMILES string of the molecule is COc1cc(-c2ncnc(C(F)F)c2Cl)ccc1C#N. The summed E-state index contributed by atoms with van der Waals surface area (Å²) in [7, 11) is 1.41. The average Bonchev–Trinajstić information content (AvgIpc) is 2.46. The van der Waals surface area contributed by atoms with Crippen molar-refractivity contribution in [1.82, 2.24) is 9.97 Å². The molecule has 0 spiro atoms. The van der Waals surface area contributed by atoms with E-state index in [1.165, 1.54) is 19.2 Å². The molecule has 0 atom stereocenters. The van der Waals surface area contributed by atoms with Gasteiger partial charge in [0, 0.05) is 5.56 Å². The molecule has 2 rings (SSSR count). The van der Waals surface area contributed by atoms with Gasteiger partial charge in [-0.05, 0) is 12.1 Å². The second-order valence-electron chi connectivity index (χ2n) is 3.75. The first-order valence-electron chi connectivity index (χ1n) is 5.45. The van der Waals surface area contributed by atoms with Crippen molar-refractivity contribution >= 4 is 11.6 Å². The topological polar surface area (TPSA) is 58.8 Å². The summed E-state index contributed by atoms with van der Waals surface area (Å²) in [5.74, 6) is 0.318. The molecule has 0 saturated carbocycles. The predicted octanol–water partition coefficient (Wildman–Crippen LogP) is 3.61. The Hall–Kier alpha value is -2.26. The Bertz CT molecular complexity index is 686. The van der Waals surface area contributed by atoms with E-state index >= 15 is 0 Å².